The van der Waals surface area contributed by atoms with E-state index < -0.39 is 0 Å². The molecule has 15 heavy (non-hydrogen) atoms. The zero-order valence-electron chi connectivity index (χ0n) is 9.41. The van der Waals surface area contributed by atoms with Crippen LogP contribution >= 0.6 is 0 Å². The van der Waals surface area contributed by atoms with Crippen LogP contribution in [0.3, 0.4) is 0 Å². The van der Waals surface area contributed by atoms with Crippen molar-refractivity contribution in [1.29, 1.82) is 0 Å². The third-order valence-electron chi connectivity index (χ3n) is 2.69. The van der Waals surface area contributed by atoms with Gasteiger partial charge in [0.15, 0.2) is 6.10 Å². The first-order valence-electron chi connectivity index (χ1n) is 5.76. The second-order valence-corrected chi connectivity index (χ2v) is 4.01. The summed E-state index contributed by atoms with van der Waals surface area (Å²) in [6.07, 6.45) is 3.57. The van der Waals surface area contributed by atoms with Gasteiger partial charge in [-0.15, -0.1) is 0 Å². The Morgan fingerprint density at radius 3 is 2.93 bits per heavy atom. The smallest absolute Gasteiger partial charge is 0.335 e. The second kappa shape index (κ2) is 6.80. The van der Waals surface area contributed by atoms with Gasteiger partial charge in [0.25, 0.3) is 0 Å². The summed E-state index contributed by atoms with van der Waals surface area (Å²) < 4.78 is 10.4. The van der Waals surface area contributed by atoms with Crippen molar-refractivity contribution in [2.45, 2.75) is 38.7 Å². The van der Waals surface area contributed by atoms with E-state index in [0.717, 1.165) is 19.3 Å². The average molecular weight is 215 g/mol. The number of hydrogen-bond acceptors (Lipinski definition) is 4. The predicted octanol–water partition coefficient (Wildman–Crippen LogP) is 1.08. The molecule has 88 valence electrons. The molecule has 0 aromatic carbocycles. The first-order valence-corrected chi connectivity index (χ1v) is 5.76. The number of nitrogens with two attached hydrogens (primary N) is 1. The molecule has 1 fully saturated rings. The monoisotopic (exact) mass is 215 g/mol. The molecule has 1 rings (SSSR count). The number of rotatable bonds is 7. The lowest BCUT2D eigenvalue weighted by Crippen LogP contribution is -2.23. The number of carbonyl (C=O) groups excluding carboxylic acids is 1. The van der Waals surface area contributed by atoms with Gasteiger partial charge in [-0.2, -0.15) is 0 Å². The fourth-order valence-corrected chi connectivity index (χ4v) is 1.84. The number of cyclic esters (lactones) is 1. The van der Waals surface area contributed by atoms with Crippen LogP contribution in [-0.2, 0) is 14.3 Å². The van der Waals surface area contributed by atoms with E-state index in [9.17, 15) is 4.79 Å². The van der Waals surface area contributed by atoms with Gasteiger partial charge in [-0.3, -0.25) is 0 Å². The van der Waals surface area contributed by atoms with Crippen molar-refractivity contribution in [1.82, 2.24) is 0 Å². The Morgan fingerprint density at radius 1 is 1.60 bits per heavy atom. The zero-order valence-corrected chi connectivity index (χ0v) is 9.41. The Labute approximate surface area is 91.1 Å². The van der Waals surface area contributed by atoms with Crippen LogP contribution in [0, 0.1) is 5.92 Å². The maximum absolute atomic E-state index is 11.1. The normalized spacial score (nSPS) is 22.8. The van der Waals surface area contributed by atoms with Gasteiger partial charge < -0.3 is 15.2 Å². The summed E-state index contributed by atoms with van der Waals surface area (Å²) >= 11 is 0. The summed E-state index contributed by atoms with van der Waals surface area (Å²) in [6, 6.07) is 0. The van der Waals surface area contributed by atoms with Crippen molar-refractivity contribution in [3.63, 3.8) is 0 Å². The molecule has 0 bridgehead atoms. The van der Waals surface area contributed by atoms with Gasteiger partial charge in [0.2, 0.25) is 0 Å². The van der Waals surface area contributed by atoms with E-state index in [1.54, 1.807) is 0 Å². The molecule has 2 unspecified atom stereocenters. The fraction of sp³-hybridized carbons (Fsp3) is 0.909. The van der Waals surface area contributed by atoms with Crippen LogP contribution in [0.25, 0.3) is 0 Å². The SMILES string of the molecule is CCCC(CCN)COC1CCOC1=O. The first kappa shape index (κ1) is 12.5. The van der Waals surface area contributed by atoms with Crippen LogP contribution < -0.4 is 5.73 Å². The van der Waals surface area contributed by atoms with E-state index in [1.807, 2.05) is 0 Å². The minimum Gasteiger partial charge on any atom is -0.464 e. The summed E-state index contributed by atoms with van der Waals surface area (Å²) in [6.45, 7) is 3.96. The highest BCUT2D eigenvalue weighted by Crippen LogP contribution is 2.15. The number of hydrogen-bond donors (Lipinski definition) is 1. The molecule has 0 spiro atoms. The largest absolute Gasteiger partial charge is 0.464 e. The van der Waals surface area contributed by atoms with Crippen LogP contribution in [0.15, 0.2) is 0 Å². The summed E-state index contributed by atoms with van der Waals surface area (Å²) in [5, 5.41) is 0. The number of esters is 1. The number of ether oxygens (including phenoxy) is 2. The zero-order chi connectivity index (χ0) is 11.1. The van der Waals surface area contributed by atoms with E-state index in [4.69, 9.17) is 15.2 Å². The van der Waals surface area contributed by atoms with Gasteiger partial charge in [-0.1, -0.05) is 13.3 Å². The second-order valence-electron chi connectivity index (χ2n) is 4.01. The van der Waals surface area contributed by atoms with Gasteiger partial charge in [0.05, 0.1) is 13.2 Å². The molecule has 0 saturated carbocycles. The molecule has 1 heterocycles. The standard InChI is InChI=1S/C11H21NO3/c1-2-3-9(4-6-12)8-15-10-5-7-14-11(10)13/h9-10H,2-8,12H2,1H3. The minimum atomic E-state index is -0.331. The fourth-order valence-electron chi connectivity index (χ4n) is 1.84. The molecular formula is C11H21NO3. The molecule has 1 aliphatic rings. The lowest BCUT2D eigenvalue weighted by atomic mass is 10.0. The lowest BCUT2D eigenvalue weighted by molar-refractivity contribution is -0.147. The van der Waals surface area contributed by atoms with Gasteiger partial charge in [-0.25, -0.2) is 4.79 Å². The molecule has 1 saturated heterocycles. The van der Waals surface area contributed by atoms with Crippen molar-refractivity contribution in [3.8, 4) is 0 Å². The summed E-state index contributed by atoms with van der Waals surface area (Å²) in [4.78, 5) is 11.1. The van der Waals surface area contributed by atoms with E-state index in [2.05, 4.69) is 6.92 Å². The summed E-state index contributed by atoms with van der Waals surface area (Å²) in [7, 11) is 0. The molecule has 0 amide bonds. The molecule has 0 radical (unpaired) electrons. The Morgan fingerprint density at radius 2 is 2.40 bits per heavy atom. The molecule has 4 heteroatoms. The molecule has 0 aliphatic carbocycles. The quantitative estimate of drug-likeness (QED) is 0.646. The van der Waals surface area contributed by atoms with E-state index in [1.165, 1.54) is 0 Å². The Bertz CT molecular complexity index is 190. The van der Waals surface area contributed by atoms with Crippen LogP contribution in [0.4, 0.5) is 0 Å². The van der Waals surface area contributed by atoms with Crippen LogP contribution in [0.2, 0.25) is 0 Å². The molecule has 0 aromatic rings. The van der Waals surface area contributed by atoms with Crippen LogP contribution in [0.5, 0.6) is 0 Å². The molecule has 2 N–H and O–H groups in total. The van der Waals surface area contributed by atoms with Crippen LogP contribution in [-0.4, -0.2) is 31.8 Å². The Kier molecular flexibility index (Phi) is 5.65. The van der Waals surface area contributed by atoms with E-state index >= 15 is 0 Å². The molecular weight excluding hydrogens is 194 g/mol. The third kappa shape index (κ3) is 4.18. The van der Waals surface area contributed by atoms with Crippen molar-refractivity contribution >= 4 is 5.97 Å². The highest BCUT2D eigenvalue weighted by Gasteiger charge is 2.27. The molecule has 2 atom stereocenters. The van der Waals surface area contributed by atoms with Crippen molar-refractivity contribution in [2.75, 3.05) is 19.8 Å². The average Bonchev–Trinajstić information content (AvgIpc) is 2.61. The minimum absolute atomic E-state index is 0.210. The lowest BCUT2D eigenvalue weighted by Gasteiger charge is -2.16. The molecule has 1 aliphatic heterocycles. The topological polar surface area (TPSA) is 61.6 Å². The summed E-state index contributed by atoms with van der Waals surface area (Å²) in [5.41, 5.74) is 5.52. The van der Waals surface area contributed by atoms with Gasteiger partial charge in [-0.05, 0) is 25.3 Å². The van der Waals surface area contributed by atoms with Gasteiger partial charge in [0.1, 0.15) is 0 Å². The highest BCUT2D eigenvalue weighted by atomic mass is 16.6. The summed E-state index contributed by atoms with van der Waals surface area (Å²) in [5.74, 6) is 0.270. The van der Waals surface area contributed by atoms with E-state index in [-0.39, 0.29) is 12.1 Å². The Hall–Kier alpha value is -0.610. The highest BCUT2D eigenvalue weighted by molar-refractivity contribution is 5.76. The van der Waals surface area contributed by atoms with Gasteiger partial charge >= 0.3 is 5.97 Å². The van der Waals surface area contributed by atoms with Crippen molar-refractivity contribution < 1.29 is 14.3 Å². The van der Waals surface area contributed by atoms with E-state index in [0.29, 0.717) is 32.1 Å². The maximum Gasteiger partial charge on any atom is 0.335 e. The Balaban J connectivity index is 2.22. The molecule has 4 nitrogen and oxygen atoms in total. The van der Waals surface area contributed by atoms with Crippen LogP contribution in [0.1, 0.15) is 32.6 Å². The van der Waals surface area contributed by atoms with Gasteiger partial charge in [0, 0.05) is 6.42 Å². The first-order chi connectivity index (χ1) is 7.27. The molecule has 0 aromatic heterocycles. The maximum atomic E-state index is 11.1. The predicted molar refractivity (Wildman–Crippen MR) is 57.4 cm³/mol. The third-order valence-corrected chi connectivity index (χ3v) is 2.69. The van der Waals surface area contributed by atoms with Crippen molar-refractivity contribution in [2.24, 2.45) is 11.7 Å². The van der Waals surface area contributed by atoms with Crippen molar-refractivity contribution in [3.05, 3.63) is 0 Å². The number of carbonyl (C=O) groups is 1.